The van der Waals surface area contributed by atoms with Crippen molar-refractivity contribution < 1.29 is 24.0 Å². The van der Waals surface area contributed by atoms with Gasteiger partial charge in [-0.3, -0.25) is 0 Å². The number of rotatable bonds is 5. The summed E-state index contributed by atoms with van der Waals surface area (Å²) in [4.78, 5) is 0. The zero-order valence-corrected chi connectivity index (χ0v) is 18.9. The summed E-state index contributed by atoms with van der Waals surface area (Å²) >= 11 is 0. The fraction of sp³-hybridized carbons (Fsp3) is 0.250. The molecule has 0 unspecified atom stereocenters. The molecule has 0 spiro atoms. The SMILES string of the molecule is CN(C1CCCC1)[P+](c1ccccc1)(c1ccccc1)c1ccccc1.[I-]. The molecule has 0 saturated heterocycles. The third-order valence-electron chi connectivity index (χ3n) is 5.72. The molecule has 0 aromatic heterocycles. The summed E-state index contributed by atoms with van der Waals surface area (Å²) in [6.07, 6.45) is 5.33. The average Bonchev–Trinajstić information content (AvgIpc) is 3.26. The van der Waals surface area contributed by atoms with Gasteiger partial charge in [-0.1, -0.05) is 67.4 Å². The van der Waals surface area contributed by atoms with Crippen molar-refractivity contribution in [3.63, 3.8) is 0 Å². The van der Waals surface area contributed by atoms with Crippen molar-refractivity contribution in [1.82, 2.24) is 4.67 Å². The molecule has 1 saturated carbocycles. The molecule has 1 fully saturated rings. The minimum atomic E-state index is -1.86. The van der Waals surface area contributed by atoms with Crippen LogP contribution < -0.4 is 39.9 Å². The number of benzene rings is 3. The van der Waals surface area contributed by atoms with Crippen LogP contribution in [-0.4, -0.2) is 17.8 Å². The predicted molar refractivity (Wildman–Crippen MR) is 115 cm³/mol. The number of hydrogen-bond acceptors (Lipinski definition) is 1. The summed E-state index contributed by atoms with van der Waals surface area (Å²) < 4.78 is 2.75. The first-order chi connectivity index (χ1) is 12.8. The zero-order chi connectivity index (χ0) is 17.8. The summed E-state index contributed by atoms with van der Waals surface area (Å²) in [5.41, 5.74) is 0. The number of hydrogen-bond donors (Lipinski definition) is 0. The molecule has 0 atom stereocenters. The van der Waals surface area contributed by atoms with Gasteiger partial charge in [0.15, 0.2) is 7.41 Å². The topological polar surface area (TPSA) is 3.24 Å². The van der Waals surface area contributed by atoms with E-state index in [1.807, 2.05) is 0 Å². The van der Waals surface area contributed by atoms with E-state index in [0.29, 0.717) is 6.04 Å². The lowest BCUT2D eigenvalue weighted by molar-refractivity contribution is -0.00000520. The van der Waals surface area contributed by atoms with E-state index < -0.39 is 7.41 Å². The van der Waals surface area contributed by atoms with Crippen LogP contribution in [0, 0.1) is 0 Å². The van der Waals surface area contributed by atoms with E-state index in [-0.39, 0.29) is 24.0 Å². The Kier molecular flexibility index (Phi) is 7.08. The largest absolute Gasteiger partial charge is 1.00 e. The highest BCUT2D eigenvalue weighted by molar-refractivity contribution is 7.93. The fourth-order valence-electron chi connectivity index (χ4n) is 4.45. The van der Waals surface area contributed by atoms with Crippen LogP contribution in [0.5, 0.6) is 0 Å². The lowest BCUT2D eigenvalue weighted by atomic mass is 10.3. The van der Waals surface area contributed by atoms with Crippen molar-refractivity contribution in [2.75, 3.05) is 7.05 Å². The second-order valence-electron chi connectivity index (χ2n) is 7.15. The minimum absolute atomic E-state index is 0. The van der Waals surface area contributed by atoms with Gasteiger partial charge in [0.25, 0.3) is 0 Å². The lowest BCUT2D eigenvalue weighted by Gasteiger charge is -2.37. The van der Waals surface area contributed by atoms with Gasteiger partial charge in [0.2, 0.25) is 0 Å². The molecule has 27 heavy (non-hydrogen) atoms. The first-order valence-electron chi connectivity index (χ1n) is 9.62. The quantitative estimate of drug-likeness (QED) is 0.392. The molecule has 0 radical (unpaired) electrons. The van der Waals surface area contributed by atoms with Gasteiger partial charge in [0.1, 0.15) is 15.9 Å². The van der Waals surface area contributed by atoms with Crippen molar-refractivity contribution in [3.8, 4) is 0 Å². The Balaban J connectivity index is 0.00000210. The fourth-order valence-corrected chi connectivity index (χ4v) is 8.97. The highest BCUT2D eigenvalue weighted by Crippen LogP contribution is 2.59. The van der Waals surface area contributed by atoms with Crippen molar-refractivity contribution in [1.29, 1.82) is 0 Å². The molecule has 3 aromatic carbocycles. The maximum absolute atomic E-state index is 2.75. The Labute approximate surface area is 181 Å². The molecule has 0 aliphatic heterocycles. The minimum Gasteiger partial charge on any atom is -1.00 e. The van der Waals surface area contributed by atoms with Crippen LogP contribution in [0.1, 0.15) is 25.7 Å². The molecule has 0 N–H and O–H groups in total. The third-order valence-corrected chi connectivity index (χ3v) is 10.1. The number of nitrogens with zero attached hydrogens (tertiary/aromatic N) is 1. The van der Waals surface area contributed by atoms with Gasteiger partial charge in [-0.15, -0.1) is 0 Å². The standard InChI is InChI=1S/C24H27NP.HI/c1-25(21-13-11-12-14-21)26(22-15-5-2-6-16-22,23-17-7-3-8-18-23)24-19-9-4-10-20-24;/h2-10,15-21H,11-14H2,1H3;1H/q+1;/p-1. The van der Waals surface area contributed by atoms with Crippen molar-refractivity contribution in [3.05, 3.63) is 91.0 Å². The molecule has 0 heterocycles. The molecule has 3 heteroatoms. The van der Waals surface area contributed by atoms with Gasteiger partial charge in [-0.2, -0.15) is 4.67 Å². The Bertz CT molecular complexity index is 720. The molecule has 1 nitrogen and oxygen atoms in total. The van der Waals surface area contributed by atoms with E-state index in [2.05, 4.69) is 103 Å². The molecule has 0 amide bonds. The van der Waals surface area contributed by atoms with E-state index in [9.17, 15) is 0 Å². The summed E-state index contributed by atoms with van der Waals surface area (Å²) in [7, 11) is 0.512. The van der Waals surface area contributed by atoms with E-state index in [1.54, 1.807) is 0 Å². The number of halogens is 1. The molecule has 1 aliphatic rings. The van der Waals surface area contributed by atoms with Crippen LogP contribution >= 0.6 is 7.41 Å². The summed E-state index contributed by atoms with van der Waals surface area (Å²) in [5, 5.41) is 4.35. The van der Waals surface area contributed by atoms with Crippen molar-refractivity contribution >= 4 is 23.3 Å². The van der Waals surface area contributed by atoms with Gasteiger partial charge in [0, 0.05) is 13.1 Å². The van der Waals surface area contributed by atoms with Crippen molar-refractivity contribution in [2.24, 2.45) is 0 Å². The van der Waals surface area contributed by atoms with Crippen molar-refractivity contribution in [2.45, 2.75) is 31.7 Å². The monoisotopic (exact) mass is 487 g/mol. The van der Waals surface area contributed by atoms with Crippen LogP contribution in [-0.2, 0) is 0 Å². The molecular weight excluding hydrogens is 460 g/mol. The maximum Gasteiger partial charge on any atom is 0.181 e. The average molecular weight is 487 g/mol. The highest BCUT2D eigenvalue weighted by atomic mass is 127. The lowest BCUT2D eigenvalue weighted by Crippen LogP contribution is -3.00. The van der Waals surface area contributed by atoms with Crippen LogP contribution in [0.15, 0.2) is 91.0 Å². The van der Waals surface area contributed by atoms with Gasteiger partial charge >= 0.3 is 0 Å². The van der Waals surface area contributed by atoms with Gasteiger partial charge in [0.05, 0.1) is 0 Å². The summed E-state index contributed by atoms with van der Waals surface area (Å²) in [5.74, 6) is 0. The molecule has 0 bridgehead atoms. The normalized spacial score (nSPS) is 14.9. The second kappa shape index (κ2) is 9.32. The Morgan fingerprint density at radius 3 is 1.30 bits per heavy atom. The van der Waals surface area contributed by atoms with Gasteiger partial charge < -0.3 is 24.0 Å². The zero-order valence-electron chi connectivity index (χ0n) is 15.8. The Morgan fingerprint density at radius 1 is 0.630 bits per heavy atom. The molecule has 4 rings (SSSR count). The van der Waals surface area contributed by atoms with Crippen LogP contribution in [0.3, 0.4) is 0 Å². The summed E-state index contributed by atoms with van der Waals surface area (Å²) in [6, 6.07) is 34.2. The summed E-state index contributed by atoms with van der Waals surface area (Å²) in [6.45, 7) is 0. The predicted octanol–water partition coefficient (Wildman–Crippen LogP) is 1.77. The maximum atomic E-state index is 2.75. The van der Waals surface area contributed by atoms with E-state index in [4.69, 9.17) is 0 Å². The van der Waals surface area contributed by atoms with Gasteiger partial charge in [-0.05, 0) is 49.2 Å². The van der Waals surface area contributed by atoms with E-state index in [0.717, 1.165) is 0 Å². The van der Waals surface area contributed by atoms with Gasteiger partial charge in [-0.25, -0.2) is 0 Å². The van der Waals surface area contributed by atoms with Crippen LogP contribution in [0.4, 0.5) is 0 Å². The molecule has 140 valence electrons. The molecule has 1 aliphatic carbocycles. The van der Waals surface area contributed by atoms with Crippen LogP contribution in [0.25, 0.3) is 0 Å². The smallest absolute Gasteiger partial charge is 0.181 e. The van der Waals surface area contributed by atoms with E-state index in [1.165, 1.54) is 41.6 Å². The highest BCUT2D eigenvalue weighted by Gasteiger charge is 2.52. The first-order valence-corrected chi connectivity index (χ1v) is 11.4. The molecule has 3 aromatic rings. The molecular formula is C24H27INP. The first kappa shape index (κ1) is 20.5. The van der Waals surface area contributed by atoms with E-state index >= 15 is 0 Å². The second-order valence-corrected chi connectivity index (χ2v) is 10.6. The Hall–Kier alpha value is -1.22. The third kappa shape index (κ3) is 3.85. The Morgan fingerprint density at radius 2 is 0.963 bits per heavy atom. The van der Waals surface area contributed by atoms with Crippen LogP contribution in [0.2, 0.25) is 0 Å².